The molecule has 1 aromatic rings. The highest BCUT2D eigenvalue weighted by Crippen LogP contribution is 2.21. The van der Waals surface area contributed by atoms with E-state index in [1.165, 1.54) is 18.4 Å². The third-order valence-corrected chi connectivity index (χ3v) is 3.88. The number of carbonyl (C=O) groups excluding carboxylic acids is 1. The standard InChI is InChI=1S/C15H22N2OS/c1-11(2)17-15(18)10-19-14-5-3-4-12(8-14)9-16-13-6-7-13/h3-5,8,11,13,16H,6-7,9-10H2,1-2H3,(H,17,18). The number of rotatable bonds is 7. The van der Waals surface area contributed by atoms with Crippen molar-refractivity contribution >= 4 is 17.7 Å². The molecule has 1 aliphatic carbocycles. The molecule has 0 aromatic heterocycles. The molecule has 1 saturated carbocycles. The van der Waals surface area contributed by atoms with Gasteiger partial charge in [-0.1, -0.05) is 12.1 Å². The molecule has 1 fully saturated rings. The third kappa shape index (κ3) is 5.66. The Labute approximate surface area is 119 Å². The molecule has 0 bridgehead atoms. The molecule has 19 heavy (non-hydrogen) atoms. The first-order chi connectivity index (χ1) is 9.13. The van der Waals surface area contributed by atoms with E-state index in [1.54, 1.807) is 11.8 Å². The molecule has 0 unspecified atom stereocenters. The van der Waals surface area contributed by atoms with Gasteiger partial charge in [-0.05, 0) is 44.4 Å². The Morgan fingerprint density at radius 1 is 1.42 bits per heavy atom. The van der Waals surface area contributed by atoms with Crippen molar-refractivity contribution < 1.29 is 4.79 Å². The molecule has 0 saturated heterocycles. The minimum absolute atomic E-state index is 0.0986. The smallest absolute Gasteiger partial charge is 0.230 e. The monoisotopic (exact) mass is 278 g/mol. The van der Waals surface area contributed by atoms with Crippen molar-refractivity contribution in [3.8, 4) is 0 Å². The lowest BCUT2D eigenvalue weighted by Crippen LogP contribution is -2.31. The van der Waals surface area contributed by atoms with Gasteiger partial charge in [0.1, 0.15) is 0 Å². The van der Waals surface area contributed by atoms with Gasteiger partial charge in [-0.15, -0.1) is 11.8 Å². The Morgan fingerprint density at radius 2 is 2.21 bits per heavy atom. The average Bonchev–Trinajstić information content (AvgIpc) is 3.18. The van der Waals surface area contributed by atoms with Crippen LogP contribution < -0.4 is 10.6 Å². The molecule has 1 aromatic carbocycles. The minimum atomic E-state index is 0.0986. The normalized spacial score (nSPS) is 14.7. The van der Waals surface area contributed by atoms with E-state index in [9.17, 15) is 4.79 Å². The van der Waals surface area contributed by atoms with E-state index in [4.69, 9.17) is 0 Å². The highest BCUT2D eigenvalue weighted by atomic mass is 32.2. The van der Waals surface area contributed by atoms with Gasteiger partial charge in [-0.3, -0.25) is 4.79 Å². The van der Waals surface area contributed by atoms with Crippen molar-refractivity contribution in [2.45, 2.75) is 50.2 Å². The summed E-state index contributed by atoms with van der Waals surface area (Å²) in [6, 6.07) is 9.37. The van der Waals surface area contributed by atoms with E-state index >= 15 is 0 Å². The summed E-state index contributed by atoms with van der Waals surface area (Å²) in [4.78, 5) is 12.8. The van der Waals surface area contributed by atoms with Gasteiger partial charge in [0.25, 0.3) is 0 Å². The van der Waals surface area contributed by atoms with Crippen LogP contribution in [0.2, 0.25) is 0 Å². The molecule has 0 atom stereocenters. The number of hydrogen-bond acceptors (Lipinski definition) is 3. The second-order valence-corrected chi connectivity index (χ2v) is 6.36. The van der Waals surface area contributed by atoms with Crippen LogP contribution in [0.4, 0.5) is 0 Å². The summed E-state index contributed by atoms with van der Waals surface area (Å²) in [5, 5.41) is 6.41. The predicted molar refractivity (Wildman–Crippen MR) is 80.3 cm³/mol. The van der Waals surface area contributed by atoms with Crippen LogP contribution in [0.3, 0.4) is 0 Å². The molecule has 1 aliphatic rings. The summed E-state index contributed by atoms with van der Waals surface area (Å²) in [5.41, 5.74) is 1.29. The lowest BCUT2D eigenvalue weighted by atomic mass is 10.2. The Bertz CT molecular complexity index is 430. The molecular weight excluding hydrogens is 256 g/mol. The summed E-state index contributed by atoms with van der Waals surface area (Å²) < 4.78 is 0. The molecule has 4 heteroatoms. The van der Waals surface area contributed by atoms with Crippen molar-refractivity contribution in [3.63, 3.8) is 0 Å². The second-order valence-electron chi connectivity index (χ2n) is 5.31. The highest BCUT2D eigenvalue weighted by Gasteiger charge is 2.19. The van der Waals surface area contributed by atoms with Crippen LogP contribution in [0, 0.1) is 0 Å². The number of amides is 1. The Kier molecular flexibility index (Phi) is 5.28. The lowest BCUT2D eigenvalue weighted by Gasteiger charge is -2.09. The van der Waals surface area contributed by atoms with Crippen LogP contribution in [0.5, 0.6) is 0 Å². The SMILES string of the molecule is CC(C)NC(=O)CSc1cccc(CNC2CC2)c1. The van der Waals surface area contributed by atoms with Crippen LogP contribution in [0.25, 0.3) is 0 Å². The maximum atomic E-state index is 11.6. The van der Waals surface area contributed by atoms with Gasteiger partial charge < -0.3 is 10.6 Å². The maximum Gasteiger partial charge on any atom is 0.230 e. The fourth-order valence-corrected chi connectivity index (χ4v) is 2.60. The Balaban J connectivity index is 1.78. The summed E-state index contributed by atoms with van der Waals surface area (Å²) in [5.74, 6) is 0.582. The first kappa shape index (κ1) is 14.4. The molecule has 2 rings (SSSR count). The molecular formula is C15H22N2OS. The zero-order chi connectivity index (χ0) is 13.7. The van der Waals surface area contributed by atoms with Crippen molar-refractivity contribution in [1.82, 2.24) is 10.6 Å². The van der Waals surface area contributed by atoms with Gasteiger partial charge in [0.2, 0.25) is 5.91 Å². The zero-order valence-electron chi connectivity index (χ0n) is 11.6. The van der Waals surface area contributed by atoms with E-state index < -0.39 is 0 Å². The molecule has 0 heterocycles. The van der Waals surface area contributed by atoms with Crippen molar-refractivity contribution in [1.29, 1.82) is 0 Å². The van der Waals surface area contributed by atoms with E-state index in [1.807, 2.05) is 13.8 Å². The molecule has 0 radical (unpaired) electrons. The molecule has 1 amide bonds. The van der Waals surface area contributed by atoms with Gasteiger partial charge in [0.15, 0.2) is 0 Å². The molecule has 2 N–H and O–H groups in total. The fourth-order valence-electron chi connectivity index (χ4n) is 1.81. The number of benzene rings is 1. The quantitative estimate of drug-likeness (QED) is 0.753. The summed E-state index contributed by atoms with van der Waals surface area (Å²) in [6.45, 7) is 4.89. The van der Waals surface area contributed by atoms with E-state index in [0.717, 1.165) is 17.5 Å². The summed E-state index contributed by atoms with van der Waals surface area (Å²) in [7, 11) is 0. The van der Waals surface area contributed by atoms with Crippen LogP contribution >= 0.6 is 11.8 Å². The molecule has 0 aliphatic heterocycles. The van der Waals surface area contributed by atoms with Crippen LogP contribution in [-0.2, 0) is 11.3 Å². The minimum Gasteiger partial charge on any atom is -0.353 e. The van der Waals surface area contributed by atoms with Gasteiger partial charge in [0.05, 0.1) is 5.75 Å². The lowest BCUT2D eigenvalue weighted by molar-refractivity contribution is -0.119. The maximum absolute atomic E-state index is 11.6. The molecule has 0 spiro atoms. The first-order valence-corrected chi connectivity index (χ1v) is 7.86. The second kappa shape index (κ2) is 6.96. The predicted octanol–water partition coefficient (Wildman–Crippen LogP) is 2.56. The molecule has 3 nitrogen and oxygen atoms in total. The third-order valence-electron chi connectivity index (χ3n) is 2.89. The Hall–Kier alpha value is -1.00. The fraction of sp³-hybridized carbons (Fsp3) is 0.533. The van der Waals surface area contributed by atoms with Crippen molar-refractivity contribution in [2.75, 3.05) is 5.75 Å². The number of carbonyl (C=O) groups is 1. The number of nitrogens with one attached hydrogen (secondary N) is 2. The number of hydrogen-bond donors (Lipinski definition) is 2. The summed E-state index contributed by atoms with van der Waals surface area (Å²) in [6.07, 6.45) is 2.62. The van der Waals surface area contributed by atoms with Crippen molar-refractivity contribution in [3.05, 3.63) is 29.8 Å². The molecule has 104 valence electrons. The zero-order valence-corrected chi connectivity index (χ0v) is 12.4. The van der Waals surface area contributed by atoms with Gasteiger partial charge in [0, 0.05) is 23.5 Å². The van der Waals surface area contributed by atoms with E-state index in [-0.39, 0.29) is 11.9 Å². The number of thioether (sulfide) groups is 1. The van der Waals surface area contributed by atoms with Gasteiger partial charge >= 0.3 is 0 Å². The van der Waals surface area contributed by atoms with Crippen LogP contribution in [0.1, 0.15) is 32.3 Å². The Morgan fingerprint density at radius 3 is 2.89 bits per heavy atom. The van der Waals surface area contributed by atoms with Crippen LogP contribution in [-0.4, -0.2) is 23.7 Å². The topological polar surface area (TPSA) is 41.1 Å². The van der Waals surface area contributed by atoms with Gasteiger partial charge in [-0.2, -0.15) is 0 Å². The summed E-state index contributed by atoms with van der Waals surface area (Å²) >= 11 is 1.59. The first-order valence-electron chi connectivity index (χ1n) is 6.88. The highest BCUT2D eigenvalue weighted by molar-refractivity contribution is 8.00. The van der Waals surface area contributed by atoms with Crippen LogP contribution in [0.15, 0.2) is 29.2 Å². The van der Waals surface area contributed by atoms with E-state index in [2.05, 4.69) is 34.9 Å². The largest absolute Gasteiger partial charge is 0.353 e. The van der Waals surface area contributed by atoms with Crippen molar-refractivity contribution in [2.24, 2.45) is 0 Å². The van der Waals surface area contributed by atoms with Gasteiger partial charge in [-0.25, -0.2) is 0 Å². The van der Waals surface area contributed by atoms with E-state index in [0.29, 0.717) is 5.75 Å². The average molecular weight is 278 g/mol.